The molecule has 1 heterocycles. The third kappa shape index (κ3) is 5.46. The highest BCUT2D eigenvalue weighted by molar-refractivity contribution is 5.85. The van der Waals surface area contributed by atoms with E-state index < -0.39 is 0 Å². The van der Waals surface area contributed by atoms with Gasteiger partial charge >= 0.3 is 0 Å². The van der Waals surface area contributed by atoms with Gasteiger partial charge in [0.1, 0.15) is 0 Å². The molecule has 1 aromatic carbocycles. The number of aromatic nitrogens is 2. The number of benzene rings is 1. The lowest BCUT2D eigenvalue weighted by Crippen LogP contribution is -2.29. The summed E-state index contributed by atoms with van der Waals surface area (Å²) in [5.41, 5.74) is 6.94. The Morgan fingerprint density at radius 3 is 2.48 bits per heavy atom. The zero-order valence-electron chi connectivity index (χ0n) is 12.5. The van der Waals surface area contributed by atoms with Crippen molar-refractivity contribution in [2.75, 3.05) is 13.1 Å². The van der Waals surface area contributed by atoms with E-state index in [4.69, 9.17) is 10.3 Å². The van der Waals surface area contributed by atoms with Crippen molar-refractivity contribution in [3.05, 3.63) is 47.6 Å². The Morgan fingerprint density at radius 1 is 1.19 bits per heavy atom. The summed E-state index contributed by atoms with van der Waals surface area (Å²) in [6, 6.07) is 10.3. The molecule has 0 aliphatic carbocycles. The minimum atomic E-state index is 0. The summed E-state index contributed by atoms with van der Waals surface area (Å²) in [5.74, 6) is 1.67. The summed E-state index contributed by atoms with van der Waals surface area (Å²) in [6.07, 6.45) is 0. The molecule has 5 nitrogen and oxygen atoms in total. The van der Waals surface area contributed by atoms with E-state index in [1.165, 1.54) is 5.56 Å². The minimum Gasteiger partial charge on any atom is -0.339 e. The van der Waals surface area contributed by atoms with Gasteiger partial charge in [-0.15, -0.1) is 12.4 Å². The third-order valence-corrected chi connectivity index (χ3v) is 3.04. The highest BCUT2D eigenvalue weighted by atomic mass is 35.5. The maximum atomic E-state index is 5.68. The van der Waals surface area contributed by atoms with E-state index in [0.29, 0.717) is 19.0 Å². The van der Waals surface area contributed by atoms with Crippen LogP contribution in [0.25, 0.3) is 0 Å². The zero-order valence-corrected chi connectivity index (χ0v) is 13.3. The first-order valence-corrected chi connectivity index (χ1v) is 6.98. The molecule has 0 spiro atoms. The van der Waals surface area contributed by atoms with Crippen LogP contribution in [0.4, 0.5) is 0 Å². The third-order valence-electron chi connectivity index (χ3n) is 3.04. The smallest absolute Gasteiger partial charge is 0.229 e. The first-order valence-electron chi connectivity index (χ1n) is 6.98. The number of nitrogens with zero attached hydrogens (tertiary/aromatic N) is 3. The summed E-state index contributed by atoms with van der Waals surface area (Å²) in [6.45, 7) is 6.99. The number of hydrogen-bond donors (Lipinski definition) is 1. The molecule has 6 heteroatoms. The lowest BCUT2D eigenvalue weighted by Gasteiger charge is -2.19. The van der Waals surface area contributed by atoms with Crippen molar-refractivity contribution in [2.24, 2.45) is 5.73 Å². The molecular weight excluding hydrogens is 288 g/mol. The summed E-state index contributed by atoms with van der Waals surface area (Å²) in [4.78, 5) is 6.64. The molecule has 2 aromatic rings. The van der Waals surface area contributed by atoms with Crippen molar-refractivity contribution in [1.29, 1.82) is 0 Å². The molecule has 0 aliphatic heterocycles. The minimum absolute atomic E-state index is 0. The SMILES string of the molecule is CC(C)c1nc(CN(CCN)Cc2ccccc2)no1.Cl. The molecule has 0 radical (unpaired) electrons. The normalized spacial score (nSPS) is 10.9. The fraction of sp³-hybridized carbons (Fsp3) is 0.467. The molecule has 0 atom stereocenters. The van der Waals surface area contributed by atoms with Crippen LogP contribution in [-0.2, 0) is 13.1 Å². The van der Waals surface area contributed by atoms with E-state index >= 15 is 0 Å². The summed E-state index contributed by atoms with van der Waals surface area (Å²) in [7, 11) is 0. The van der Waals surface area contributed by atoms with Gasteiger partial charge in [0.15, 0.2) is 5.82 Å². The predicted molar refractivity (Wildman–Crippen MR) is 85.2 cm³/mol. The Balaban J connectivity index is 0.00000220. The van der Waals surface area contributed by atoms with Gasteiger partial charge in [0.25, 0.3) is 0 Å². The number of halogens is 1. The second-order valence-corrected chi connectivity index (χ2v) is 5.19. The van der Waals surface area contributed by atoms with Gasteiger partial charge < -0.3 is 10.3 Å². The number of nitrogens with two attached hydrogens (primary N) is 1. The van der Waals surface area contributed by atoms with Crippen LogP contribution in [0.2, 0.25) is 0 Å². The maximum absolute atomic E-state index is 5.68. The molecule has 1 aromatic heterocycles. The fourth-order valence-electron chi connectivity index (χ4n) is 2.00. The van der Waals surface area contributed by atoms with Crippen molar-refractivity contribution < 1.29 is 4.52 Å². The molecule has 2 N–H and O–H groups in total. The molecule has 116 valence electrons. The molecule has 21 heavy (non-hydrogen) atoms. The average Bonchev–Trinajstić information content (AvgIpc) is 2.89. The maximum Gasteiger partial charge on any atom is 0.229 e. The van der Waals surface area contributed by atoms with Crippen LogP contribution in [0, 0.1) is 0 Å². The molecule has 0 saturated heterocycles. The molecule has 0 amide bonds. The monoisotopic (exact) mass is 310 g/mol. The van der Waals surface area contributed by atoms with Crippen molar-refractivity contribution in [2.45, 2.75) is 32.9 Å². The van der Waals surface area contributed by atoms with Gasteiger partial charge in [0, 0.05) is 25.6 Å². The second-order valence-electron chi connectivity index (χ2n) is 5.19. The van der Waals surface area contributed by atoms with Gasteiger partial charge in [-0.05, 0) is 5.56 Å². The Labute approximate surface area is 131 Å². The van der Waals surface area contributed by atoms with Crippen LogP contribution in [0.15, 0.2) is 34.9 Å². The van der Waals surface area contributed by atoms with Gasteiger partial charge in [0.2, 0.25) is 5.89 Å². The highest BCUT2D eigenvalue weighted by Gasteiger charge is 2.13. The first-order chi connectivity index (χ1) is 9.69. The average molecular weight is 311 g/mol. The van der Waals surface area contributed by atoms with E-state index in [1.54, 1.807) is 0 Å². The molecular formula is C15H23ClN4O. The Bertz CT molecular complexity index is 515. The van der Waals surface area contributed by atoms with Crippen molar-refractivity contribution in [3.63, 3.8) is 0 Å². The van der Waals surface area contributed by atoms with E-state index in [-0.39, 0.29) is 18.3 Å². The fourth-order valence-corrected chi connectivity index (χ4v) is 2.00. The van der Waals surface area contributed by atoms with Gasteiger partial charge in [-0.3, -0.25) is 4.90 Å². The van der Waals surface area contributed by atoms with Crippen LogP contribution < -0.4 is 5.73 Å². The van der Waals surface area contributed by atoms with Crippen LogP contribution in [0.3, 0.4) is 0 Å². The summed E-state index contributed by atoms with van der Waals surface area (Å²) >= 11 is 0. The Morgan fingerprint density at radius 2 is 1.90 bits per heavy atom. The lowest BCUT2D eigenvalue weighted by atomic mass is 10.2. The zero-order chi connectivity index (χ0) is 14.4. The van der Waals surface area contributed by atoms with Crippen LogP contribution in [0.1, 0.15) is 37.0 Å². The van der Waals surface area contributed by atoms with Crippen molar-refractivity contribution in [1.82, 2.24) is 15.0 Å². The van der Waals surface area contributed by atoms with E-state index in [9.17, 15) is 0 Å². The quantitative estimate of drug-likeness (QED) is 0.851. The van der Waals surface area contributed by atoms with Gasteiger partial charge in [-0.25, -0.2) is 0 Å². The first kappa shape index (κ1) is 17.6. The molecule has 0 unspecified atom stereocenters. The van der Waals surface area contributed by atoms with E-state index in [1.807, 2.05) is 32.0 Å². The van der Waals surface area contributed by atoms with Crippen LogP contribution >= 0.6 is 12.4 Å². The van der Waals surface area contributed by atoms with Crippen molar-refractivity contribution in [3.8, 4) is 0 Å². The van der Waals surface area contributed by atoms with Gasteiger partial charge in [0.05, 0.1) is 6.54 Å². The summed E-state index contributed by atoms with van der Waals surface area (Å²) in [5, 5.41) is 4.03. The number of rotatable bonds is 7. The standard InChI is InChI=1S/C15H22N4O.ClH/c1-12(2)15-17-14(18-20-15)11-19(9-8-16)10-13-6-4-3-5-7-13;/h3-7,12H,8-11,16H2,1-2H3;1H. The molecule has 2 rings (SSSR count). The molecule has 0 fully saturated rings. The van der Waals surface area contributed by atoms with Crippen LogP contribution in [0.5, 0.6) is 0 Å². The molecule has 0 saturated carbocycles. The van der Waals surface area contributed by atoms with Gasteiger partial charge in [-0.2, -0.15) is 4.98 Å². The van der Waals surface area contributed by atoms with Crippen LogP contribution in [-0.4, -0.2) is 28.1 Å². The largest absolute Gasteiger partial charge is 0.339 e. The lowest BCUT2D eigenvalue weighted by molar-refractivity contribution is 0.252. The Hall–Kier alpha value is -1.43. The predicted octanol–water partition coefficient (Wildman–Crippen LogP) is 2.58. The Kier molecular flexibility index (Phi) is 7.36. The van der Waals surface area contributed by atoms with E-state index in [2.05, 4.69) is 27.2 Å². The van der Waals surface area contributed by atoms with Gasteiger partial charge in [-0.1, -0.05) is 49.3 Å². The summed E-state index contributed by atoms with van der Waals surface area (Å²) < 4.78 is 5.24. The topological polar surface area (TPSA) is 68.2 Å². The number of hydrogen-bond acceptors (Lipinski definition) is 5. The molecule has 0 bridgehead atoms. The second kappa shape index (κ2) is 8.77. The molecule has 0 aliphatic rings. The highest BCUT2D eigenvalue weighted by Crippen LogP contribution is 2.13. The van der Waals surface area contributed by atoms with E-state index in [0.717, 1.165) is 18.9 Å². The van der Waals surface area contributed by atoms with Crippen molar-refractivity contribution >= 4 is 12.4 Å².